The molecule has 0 fully saturated rings. The minimum atomic E-state index is -1.56. The lowest BCUT2D eigenvalue weighted by atomic mass is 9.80. The van der Waals surface area contributed by atoms with E-state index in [1.807, 2.05) is 6.92 Å². The van der Waals surface area contributed by atoms with Crippen molar-refractivity contribution < 1.29 is 14.8 Å². The molecular formula is C9H12BClO3. The molecule has 0 atom stereocenters. The molecule has 0 unspecified atom stereocenters. The molecule has 0 amide bonds. The largest absolute Gasteiger partial charge is 0.492 e. The van der Waals surface area contributed by atoms with Gasteiger partial charge in [0.1, 0.15) is 5.75 Å². The standard InChI is InChI=1S/C9H12BClO3/c1-2-6-14-8-5-3-4-7(9(8)11)10(12)13/h3-5,12-13H,2,6H2,1H3. The van der Waals surface area contributed by atoms with E-state index in [2.05, 4.69) is 0 Å². The van der Waals surface area contributed by atoms with Gasteiger partial charge in [-0.15, -0.1) is 0 Å². The van der Waals surface area contributed by atoms with E-state index < -0.39 is 7.12 Å². The average molecular weight is 214 g/mol. The van der Waals surface area contributed by atoms with Gasteiger partial charge in [-0.25, -0.2) is 0 Å². The van der Waals surface area contributed by atoms with Gasteiger partial charge in [-0.3, -0.25) is 0 Å². The zero-order valence-corrected chi connectivity index (χ0v) is 8.66. The van der Waals surface area contributed by atoms with Crippen LogP contribution in [0.2, 0.25) is 5.02 Å². The van der Waals surface area contributed by atoms with Gasteiger partial charge in [0.15, 0.2) is 0 Å². The predicted octanol–water partition coefficient (Wildman–Crippen LogP) is 0.809. The van der Waals surface area contributed by atoms with Gasteiger partial charge >= 0.3 is 7.12 Å². The molecule has 0 spiro atoms. The lowest BCUT2D eigenvalue weighted by Crippen LogP contribution is -2.30. The first-order chi connectivity index (χ1) is 6.66. The molecule has 3 nitrogen and oxygen atoms in total. The molecule has 0 bridgehead atoms. The van der Waals surface area contributed by atoms with Crippen molar-refractivity contribution in [2.45, 2.75) is 13.3 Å². The summed E-state index contributed by atoms with van der Waals surface area (Å²) < 4.78 is 5.32. The Morgan fingerprint density at radius 2 is 2.14 bits per heavy atom. The number of ether oxygens (including phenoxy) is 1. The van der Waals surface area contributed by atoms with E-state index in [9.17, 15) is 0 Å². The van der Waals surface area contributed by atoms with Gasteiger partial charge < -0.3 is 14.8 Å². The molecule has 2 N–H and O–H groups in total. The van der Waals surface area contributed by atoms with Gasteiger partial charge in [0.05, 0.1) is 11.6 Å². The maximum absolute atomic E-state index is 8.97. The molecule has 0 aliphatic rings. The quantitative estimate of drug-likeness (QED) is 0.729. The van der Waals surface area contributed by atoms with Crippen LogP contribution in [0.15, 0.2) is 18.2 Å². The number of rotatable bonds is 4. The Morgan fingerprint density at radius 3 is 2.71 bits per heavy atom. The highest BCUT2D eigenvalue weighted by molar-refractivity contribution is 6.63. The predicted molar refractivity (Wildman–Crippen MR) is 57.1 cm³/mol. The van der Waals surface area contributed by atoms with Crippen LogP contribution < -0.4 is 10.2 Å². The molecular weight excluding hydrogens is 202 g/mol. The Labute approximate surface area is 88.4 Å². The highest BCUT2D eigenvalue weighted by atomic mass is 35.5. The topological polar surface area (TPSA) is 49.7 Å². The molecule has 0 aliphatic carbocycles. The smallest absolute Gasteiger partial charge is 0.490 e. The first-order valence-corrected chi connectivity index (χ1v) is 4.82. The molecule has 0 saturated carbocycles. The van der Waals surface area contributed by atoms with Gasteiger partial charge in [0, 0.05) is 5.46 Å². The fraction of sp³-hybridized carbons (Fsp3) is 0.333. The van der Waals surface area contributed by atoms with Crippen LogP contribution in [-0.4, -0.2) is 23.8 Å². The second kappa shape index (κ2) is 5.24. The summed E-state index contributed by atoms with van der Waals surface area (Å²) in [6.45, 7) is 2.54. The Hall–Kier alpha value is -0.705. The van der Waals surface area contributed by atoms with Crippen molar-refractivity contribution in [1.82, 2.24) is 0 Å². The van der Waals surface area contributed by atoms with Gasteiger partial charge in [0.2, 0.25) is 0 Å². The van der Waals surface area contributed by atoms with Crippen molar-refractivity contribution in [2.24, 2.45) is 0 Å². The fourth-order valence-corrected chi connectivity index (χ4v) is 1.33. The highest BCUT2D eigenvalue weighted by Crippen LogP contribution is 2.21. The van der Waals surface area contributed by atoms with Crippen LogP contribution in [0.4, 0.5) is 0 Å². The molecule has 1 rings (SSSR count). The van der Waals surface area contributed by atoms with Gasteiger partial charge in [-0.1, -0.05) is 30.7 Å². The summed E-state index contributed by atoms with van der Waals surface area (Å²) in [6, 6.07) is 4.92. The van der Waals surface area contributed by atoms with E-state index >= 15 is 0 Å². The van der Waals surface area contributed by atoms with Crippen molar-refractivity contribution in [1.29, 1.82) is 0 Å². The van der Waals surface area contributed by atoms with Crippen LogP contribution in [0.1, 0.15) is 13.3 Å². The molecule has 14 heavy (non-hydrogen) atoms. The lowest BCUT2D eigenvalue weighted by molar-refractivity contribution is 0.317. The van der Waals surface area contributed by atoms with Crippen LogP contribution >= 0.6 is 11.6 Å². The maximum atomic E-state index is 8.97. The SMILES string of the molecule is CCCOc1cccc(B(O)O)c1Cl. The van der Waals surface area contributed by atoms with E-state index in [1.54, 1.807) is 18.2 Å². The number of halogens is 1. The third-order valence-electron chi connectivity index (χ3n) is 1.73. The zero-order chi connectivity index (χ0) is 10.6. The summed E-state index contributed by atoms with van der Waals surface area (Å²) >= 11 is 5.89. The summed E-state index contributed by atoms with van der Waals surface area (Å²) in [4.78, 5) is 0. The second-order valence-electron chi connectivity index (χ2n) is 2.88. The third-order valence-corrected chi connectivity index (χ3v) is 2.14. The third kappa shape index (κ3) is 2.64. The summed E-state index contributed by atoms with van der Waals surface area (Å²) in [6.07, 6.45) is 0.877. The van der Waals surface area contributed by atoms with Gasteiger partial charge in [-0.05, 0) is 12.5 Å². The first kappa shape index (κ1) is 11.4. The Morgan fingerprint density at radius 1 is 1.43 bits per heavy atom. The van der Waals surface area contributed by atoms with Crippen LogP contribution in [0.25, 0.3) is 0 Å². The fourth-order valence-electron chi connectivity index (χ4n) is 1.05. The molecule has 5 heteroatoms. The zero-order valence-electron chi connectivity index (χ0n) is 7.90. The number of hydrogen-bond donors (Lipinski definition) is 2. The molecule has 1 aromatic carbocycles. The monoisotopic (exact) mass is 214 g/mol. The van der Waals surface area contributed by atoms with Crippen molar-refractivity contribution in [3.63, 3.8) is 0 Å². The normalized spacial score (nSPS) is 10.0. The highest BCUT2D eigenvalue weighted by Gasteiger charge is 2.17. The van der Waals surface area contributed by atoms with Crippen molar-refractivity contribution in [3.8, 4) is 5.75 Å². The van der Waals surface area contributed by atoms with E-state index in [-0.39, 0.29) is 10.5 Å². The average Bonchev–Trinajstić information content (AvgIpc) is 2.16. The number of hydrogen-bond acceptors (Lipinski definition) is 3. The minimum Gasteiger partial charge on any atom is -0.492 e. The summed E-state index contributed by atoms with van der Waals surface area (Å²) in [5, 5.41) is 18.2. The molecule has 0 aliphatic heterocycles. The Bertz CT molecular complexity index is 304. The van der Waals surface area contributed by atoms with E-state index in [0.29, 0.717) is 12.4 Å². The van der Waals surface area contributed by atoms with Crippen LogP contribution in [0.3, 0.4) is 0 Å². The van der Waals surface area contributed by atoms with E-state index in [4.69, 9.17) is 26.4 Å². The van der Waals surface area contributed by atoms with Crippen LogP contribution in [0, 0.1) is 0 Å². The van der Waals surface area contributed by atoms with E-state index in [0.717, 1.165) is 6.42 Å². The maximum Gasteiger partial charge on any atom is 0.490 e. The minimum absolute atomic E-state index is 0.260. The van der Waals surface area contributed by atoms with Gasteiger partial charge in [0.25, 0.3) is 0 Å². The summed E-state index contributed by atoms with van der Waals surface area (Å²) in [7, 11) is -1.56. The number of benzene rings is 1. The van der Waals surface area contributed by atoms with Crippen molar-refractivity contribution in [2.75, 3.05) is 6.61 Å². The Balaban J connectivity index is 2.89. The second-order valence-corrected chi connectivity index (χ2v) is 3.26. The first-order valence-electron chi connectivity index (χ1n) is 4.44. The molecule has 0 aromatic heterocycles. The van der Waals surface area contributed by atoms with Crippen molar-refractivity contribution in [3.05, 3.63) is 23.2 Å². The molecule has 0 heterocycles. The summed E-state index contributed by atoms with van der Waals surface area (Å²) in [5.41, 5.74) is 0.264. The van der Waals surface area contributed by atoms with Crippen LogP contribution in [-0.2, 0) is 0 Å². The molecule has 1 aromatic rings. The Kier molecular flexibility index (Phi) is 4.26. The van der Waals surface area contributed by atoms with E-state index in [1.165, 1.54) is 0 Å². The summed E-state index contributed by atoms with van der Waals surface area (Å²) in [5.74, 6) is 0.485. The van der Waals surface area contributed by atoms with Crippen LogP contribution in [0.5, 0.6) is 5.75 Å². The van der Waals surface area contributed by atoms with Crippen molar-refractivity contribution >= 4 is 24.2 Å². The lowest BCUT2D eigenvalue weighted by Gasteiger charge is -2.09. The molecule has 0 radical (unpaired) electrons. The van der Waals surface area contributed by atoms with Gasteiger partial charge in [-0.2, -0.15) is 0 Å². The molecule has 76 valence electrons. The molecule has 0 saturated heterocycles.